The maximum absolute atomic E-state index is 13.3. The Morgan fingerprint density at radius 2 is 0.863 bits per heavy atom. The fourth-order valence-electron chi connectivity index (χ4n) is 4.34. The Labute approximate surface area is 293 Å². The molecule has 0 atom stereocenters. The Morgan fingerprint density at radius 3 is 1.22 bits per heavy atom. The van der Waals surface area contributed by atoms with Crippen LogP contribution in [0.1, 0.15) is 11.1 Å². The summed E-state index contributed by atoms with van der Waals surface area (Å²) in [7, 11) is -1.18. The SMILES string of the molecule is COCOC(=O)Nc1ccc(C)c(NC(=O)Nc2ccc(S(=O)(=O)c3ccc(NC(=O)Nc4cc(NC(=O)OCOC)ccc4C)cc3)cc2)c1. The van der Waals surface area contributed by atoms with Crippen LogP contribution in [0.25, 0.3) is 0 Å². The van der Waals surface area contributed by atoms with Gasteiger partial charge in [-0.3, -0.25) is 10.6 Å². The summed E-state index contributed by atoms with van der Waals surface area (Å²) in [6.45, 7) is 3.11. The third-order valence-electron chi connectivity index (χ3n) is 6.93. The molecule has 0 heterocycles. The zero-order valence-corrected chi connectivity index (χ0v) is 28.8. The van der Waals surface area contributed by atoms with Gasteiger partial charge in [-0.25, -0.2) is 27.6 Å². The van der Waals surface area contributed by atoms with Gasteiger partial charge in [0.1, 0.15) is 0 Å². The molecule has 17 heteroatoms. The number of amides is 6. The number of urea groups is 2. The molecule has 4 rings (SSSR count). The molecule has 6 amide bonds. The molecule has 4 aromatic carbocycles. The summed E-state index contributed by atoms with van der Waals surface area (Å²) in [6.07, 6.45) is -1.45. The Kier molecular flexibility index (Phi) is 12.9. The average Bonchev–Trinajstić information content (AvgIpc) is 3.09. The third-order valence-corrected chi connectivity index (χ3v) is 8.71. The van der Waals surface area contributed by atoms with Gasteiger partial charge in [-0.05, 0) is 97.8 Å². The first-order chi connectivity index (χ1) is 24.4. The number of nitrogens with one attached hydrogen (secondary N) is 6. The first-order valence-electron chi connectivity index (χ1n) is 15.1. The molecule has 0 aliphatic rings. The molecule has 0 spiro atoms. The van der Waals surface area contributed by atoms with Gasteiger partial charge in [0.25, 0.3) is 0 Å². The fourth-order valence-corrected chi connectivity index (χ4v) is 5.60. The molecule has 0 radical (unpaired) electrons. The van der Waals surface area contributed by atoms with Crippen LogP contribution >= 0.6 is 0 Å². The molecule has 6 N–H and O–H groups in total. The maximum atomic E-state index is 13.3. The van der Waals surface area contributed by atoms with E-state index < -0.39 is 34.1 Å². The van der Waals surface area contributed by atoms with E-state index in [0.717, 1.165) is 11.1 Å². The largest absolute Gasteiger partial charge is 0.422 e. The number of methoxy groups -OCH3 is 2. The van der Waals surface area contributed by atoms with Crippen molar-refractivity contribution in [1.82, 2.24) is 0 Å². The topological polar surface area (TPSA) is 212 Å². The van der Waals surface area contributed by atoms with Gasteiger partial charge in [0, 0.05) is 48.3 Å². The van der Waals surface area contributed by atoms with Crippen molar-refractivity contribution in [1.29, 1.82) is 0 Å². The van der Waals surface area contributed by atoms with Gasteiger partial charge in [-0.2, -0.15) is 0 Å². The summed E-state index contributed by atoms with van der Waals surface area (Å²) >= 11 is 0. The van der Waals surface area contributed by atoms with Gasteiger partial charge in [0.2, 0.25) is 9.84 Å². The predicted octanol–water partition coefficient (Wildman–Crippen LogP) is 6.73. The van der Waals surface area contributed by atoms with Crippen molar-refractivity contribution in [2.75, 3.05) is 59.7 Å². The molecular weight excluding hydrogens is 684 g/mol. The van der Waals surface area contributed by atoms with Gasteiger partial charge in [0.15, 0.2) is 13.6 Å². The fraction of sp³-hybridized carbons (Fsp3) is 0.176. The number of sulfone groups is 1. The molecule has 0 bridgehead atoms. The van der Waals surface area contributed by atoms with E-state index in [0.29, 0.717) is 34.1 Å². The summed E-state index contributed by atoms with van der Waals surface area (Å²) in [4.78, 5) is 49.0. The zero-order valence-electron chi connectivity index (χ0n) is 28.0. The first-order valence-corrected chi connectivity index (χ1v) is 16.5. The number of carbonyl (C=O) groups excluding carboxylic acids is 4. The van der Waals surface area contributed by atoms with Crippen LogP contribution in [0, 0.1) is 13.8 Å². The standard InChI is InChI=1S/C34H36N6O10S/c1-21-5-7-25(37-33(43)49-19-47-3)17-29(21)39-31(41)35-23-9-13-27(14-10-23)51(45,46)28-15-11-24(12-16-28)36-32(42)40-30-18-26(8-6-22(30)2)38-34(44)50-20-48-4/h5-18H,19-20H2,1-4H3,(H,37,43)(H,38,44)(H2,35,39,41)(H2,36,40,42). The van der Waals surface area contributed by atoms with Crippen LogP contribution < -0.4 is 31.9 Å². The number of benzene rings is 4. The van der Waals surface area contributed by atoms with Gasteiger partial charge < -0.3 is 40.2 Å². The van der Waals surface area contributed by atoms with Crippen LogP contribution in [0.4, 0.5) is 53.3 Å². The number of carbonyl (C=O) groups is 4. The third kappa shape index (κ3) is 10.9. The lowest BCUT2D eigenvalue weighted by molar-refractivity contribution is 0.0178. The van der Waals surface area contributed by atoms with Crippen LogP contribution in [0.2, 0.25) is 0 Å². The number of rotatable bonds is 12. The highest BCUT2D eigenvalue weighted by atomic mass is 32.2. The molecule has 4 aromatic rings. The Bertz CT molecular complexity index is 1850. The molecule has 268 valence electrons. The van der Waals surface area contributed by atoms with Gasteiger partial charge in [0.05, 0.1) is 9.79 Å². The van der Waals surface area contributed by atoms with E-state index in [1.165, 1.54) is 62.8 Å². The van der Waals surface area contributed by atoms with Crippen molar-refractivity contribution in [3.63, 3.8) is 0 Å². The summed E-state index contributed by atoms with van der Waals surface area (Å²) in [5.41, 5.74) is 3.71. The molecule has 0 saturated heterocycles. The summed E-state index contributed by atoms with van der Waals surface area (Å²) in [6, 6.07) is 19.8. The Hall–Kier alpha value is -6.17. The lowest BCUT2D eigenvalue weighted by atomic mass is 10.2. The second-order valence-electron chi connectivity index (χ2n) is 10.7. The molecule has 0 aliphatic carbocycles. The van der Waals surface area contributed by atoms with Crippen molar-refractivity contribution in [3.05, 3.63) is 96.1 Å². The van der Waals surface area contributed by atoms with E-state index in [-0.39, 0.29) is 23.4 Å². The van der Waals surface area contributed by atoms with Crippen molar-refractivity contribution >= 4 is 68.2 Å². The predicted molar refractivity (Wildman–Crippen MR) is 190 cm³/mol. The van der Waals surface area contributed by atoms with E-state index in [9.17, 15) is 27.6 Å². The van der Waals surface area contributed by atoms with Crippen LogP contribution in [0.5, 0.6) is 0 Å². The number of hydrogen-bond acceptors (Lipinski definition) is 10. The normalized spacial score (nSPS) is 10.7. The second kappa shape index (κ2) is 17.5. The molecular formula is C34H36N6O10S. The number of hydrogen-bond donors (Lipinski definition) is 6. The minimum Gasteiger partial charge on any atom is -0.422 e. The van der Waals surface area contributed by atoms with Gasteiger partial charge >= 0.3 is 24.2 Å². The van der Waals surface area contributed by atoms with Crippen LogP contribution in [0.15, 0.2) is 94.7 Å². The molecule has 51 heavy (non-hydrogen) atoms. The molecule has 0 aromatic heterocycles. The summed E-state index contributed by atoms with van der Waals surface area (Å²) in [5.74, 6) is 0. The highest BCUT2D eigenvalue weighted by molar-refractivity contribution is 7.91. The second-order valence-corrected chi connectivity index (χ2v) is 12.6. The summed E-state index contributed by atoms with van der Waals surface area (Å²) in [5, 5.41) is 15.7. The van der Waals surface area contributed by atoms with E-state index in [4.69, 9.17) is 18.9 Å². The monoisotopic (exact) mass is 720 g/mol. The number of anilines is 6. The van der Waals surface area contributed by atoms with Gasteiger partial charge in [-0.15, -0.1) is 0 Å². The molecule has 0 aliphatic heterocycles. The molecule has 16 nitrogen and oxygen atoms in total. The first kappa shape index (κ1) is 37.6. The highest BCUT2D eigenvalue weighted by Crippen LogP contribution is 2.26. The molecule has 0 saturated carbocycles. The smallest absolute Gasteiger partial charge is 0.413 e. The van der Waals surface area contributed by atoms with E-state index in [1.807, 2.05) is 0 Å². The number of aryl methyl sites for hydroxylation is 2. The van der Waals surface area contributed by atoms with Gasteiger partial charge in [-0.1, -0.05) is 12.1 Å². The van der Waals surface area contributed by atoms with Crippen LogP contribution in [-0.2, 0) is 28.8 Å². The van der Waals surface area contributed by atoms with Crippen LogP contribution in [0.3, 0.4) is 0 Å². The lowest BCUT2D eigenvalue weighted by Crippen LogP contribution is -2.20. The average molecular weight is 721 g/mol. The summed E-state index contributed by atoms with van der Waals surface area (Å²) < 4.78 is 45.6. The van der Waals surface area contributed by atoms with E-state index in [1.54, 1.807) is 50.2 Å². The highest BCUT2D eigenvalue weighted by Gasteiger charge is 2.18. The molecule has 0 fully saturated rings. The zero-order chi connectivity index (χ0) is 37.0. The van der Waals surface area contributed by atoms with E-state index >= 15 is 0 Å². The minimum absolute atomic E-state index is 0.0167. The van der Waals surface area contributed by atoms with E-state index in [2.05, 4.69) is 31.9 Å². The van der Waals surface area contributed by atoms with Crippen molar-refractivity contribution in [2.45, 2.75) is 23.6 Å². The number of ether oxygens (including phenoxy) is 4. The van der Waals surface area contributed by atoms with Crippen molar-refractivity contribution in [3.8, 4) is 0 Å². The Morgan fingerprint density at radius 1 is 0.510 bits per heavy atom. The van der Waals surface area contributed by atoms with Crippen LogP contribution in [-0.4, -0.2) is 60.5 Å². The van der Waals surface area contributed by atoms with Crippen molar-refractivity contribution in [2.24, 2.45) is 0 Å². The molecule has 0 unspecified atom stereocenters. The maximum Gasteiger partial charge on any atom is 0.413 e. The van der Waals surface area contributed by atoms with Crippen molar-refractivity contribution < 1.29 is 46.5 Å². The lowest BCUT2D eigenvalue weighted by Gasteiger charge is -2.13. The Balaban J connectivity index is 1.33. The minimum atomic E-state index is -3.94. The quantitative estimate of drug-likeness (QED) is 0.0850.